The maximum Gasteiger partial charge on any atom is 0.239 e. The third-order valence-electron chi connectivity index (χ3n) is 3.39. The van der Waals surface area contributed by atoms with Gasteiger partial charge in [0, 0.05) is 22.1 Å². The van der Waals surface area contributed by atoms with Gasteiger partial charge in [0.1, 0.15) is 0 Å². The third kappa shape index (κ3) is 6.12. The molecule has 0 radical (unpaired) electrons. The van der Waals surface area contributed by atoms with E-state index in [9.17, 15) is 13.2 Å². The van der Waals surface area contributed by atoms with Crippen LogP contribution in [0.4, 0.5) is 5.69 Å². The fourth-order valence-electron chi connectivity index (χ4n) is 2.09. The van der Waals surface area contributed by atoms with Crippen molar-refractivity contribution in [2.45, 2.75) is 6.92 Å². The van der Waals surface area contributed by atoms with E-state index in [4.69, 9.17) is 0 Å². The van der Waals surface area contributed by atoms with E-state index in [1.807, 2.05) is 30.3 Å². The number of hydrogen-bond acceptors (Lipinski definition) is 3. The van der Waals surface area contributed by atoms with Gasteiger partial charge in [-0.1, -0.05) is 53.2 Å². The Kier molecular flexibility index (Phi) is 6.92. The number of halogens is 1. The summed E-state index contributed by atoms with van der Waals surface area (Å²) in [4.78, 5) is 12.1. The van der Waals surface area contributed by atoms with Crippen molar-refractivity contribution in [2.75, 3.05) is 18.4 Å². The van der Waals surface area contributed by atoms with E-state index in [0.717, 1.165) is 19.7 Å². The van der Waals surface area contributed by atoms with Crippen LogP contribution in [0.1, 0.15) is 12.5 Å². The highest BCUT2D eigenvalue weighted by Gasteiger charge is 2.20. The SMILES string of the molecule is CCN(CC(=O)Nc1ccc(Br)cc1)S(=O)(=O)/C=C/c1ccccc1. The van der Waals surface area contributed by atoms with Gasteiger partial charge >= 0.3 is 0 Å². The second-order valence-electron chi connectivity index (χ2n) is 5.24. The van der Waals surface area contributed by atoms with E-state index in [0.29, 0.717) is 5.69 Å². The molecule has 2 rings (SSSR count). The molecule has 7 heteroatoms. The van der Waals surface area contributed by atoms with Gasteiger partial charge in [-0.2, -0.15) is 4.31 Å². The largest absolute Gasteiger partial charge is 0.325 e. The van der Waals surface area contributed by atoms with Crippen LogP contribution in [0, 0.1) is 0 Å². The number of carbonyl (C=O) groups is 1. The minimum absolute atomic E-state index is 0.204. The highest BCUT2D eigenvalue weighted by atomic mass is 79.9. The smallest absolute Gasteiger partial charge is 0.239 e. The van der Waals surface area contributed by atoms with Crippen molar-refractivity contribution in [3.63, 3.8) is 0 Å². The van der Waals surface area contributed by atoms with Gasteiger partial charge in [-0.15, -0.1) is 0 Å². The summed E-state index contributed by atoms with van der Waals surface area (Å²) in [7, 11) is -3.68. The molecule has 0 aliphatic heterocycles. The molecule has 1 N–H and O–H groups in total. The van der Waals surface area contributed by atoms with Crippen LogP contribution in [0.3, 0.4) is 0 Å². The minimum Gasteiger partial charge on any atom is -0.325 e. The predicted molar refractivity (Wildman–Crippen MR) is 104 cm³/mol. The fourth-order valence-corrected chi connectivity index (χ4v) is 3.51. The average Bonchev–Trinajstić information content (AvgIpc) is 2.61. The lowest BCUT2D eigenvalue weighted by atomic mass is 10.2. The summed E-state index contributed by atoms with van der Waals surface area (Å²) in [6.45, 7) is 1.66. The van der Waals surface area contributed by atoms with Crippen molar-refractivity contribution in [2.24, 2.45) is 0 Å². The first-order chi connectivity index (χ1) is 11.9. The van der Waals surface area contributed by atoms with Gasteiger partial charge < -0.3 is 5.32 Å². The zero-order chi connectivity index (χ0) is 18.3. The fraction of sp³-hybridized carbons (Fsp3) is 0.167. The number of carbonyl (C=O) groups excluding carboxylic acids is 1. The number of benzene rings is 2. The molecular weight excluding hydrogens is 404 g/mol. The molecule has 0 atom stereocenters. The maximum absolute atomic E-state index is 12.4. The minimum atomic E-state index is -3.68. The molecular formula is C18H19BrN2O3S. The molecule has 132 valence electrons. The van der Waals surface area contributed by atoms with Crippen LogP contribution in [0.25, 0.3) is 6.08 Å². The number of nitrogens with zero attached hydrogens (tertiary/aromatic N) is 1. The zero-order valence-corrected chi connectivity index (χ0v) is 16.1. The number of anilines is 1. The van der Waals surface area contributed by atoms with Crippen molar-refractivity contribution < 1.29 is 13.2 Å². The monoisotopic (exact) mass is 422 g/mol. The molecule has 0 saturated heterocycles. The van der Waals surface area contributed by atoms with Crippen LogP contribution in [0.5, 0.6) is 0 Å². The molecule has 0 aliphatic carbocycles. The van der Waals surface area contributed by atoms with E-state index < -0.39 is 10.0 Å². The molecule has 1 amide bonds. The summed E-state index contributed by atoms with van der Waals surface area (Å²) in [6.07, 6.45) is 1.52. The van der Waals surface area contributed by atoms with E-state index >= 15 is 0 Å². The first kappa shape index (κ1) is 19.4. The van der Waals surface area contributed by atoms with Crippen LogP contribution < -0.4 is 5.32 Å². The Hall–Kier alpha value is -1.96. The molecule has 5 nitrogen and oxygen atoms in total. The zero-order valence-electron chi connectivity index (χ0n) is 13.7. The number of sulfonamides is 1. The van der Waals surface area contributed by atoms with Gasteiger partial charge in [0.05, 0.1) is 6.54 Å². The Labute approximate surface area is 156 Å². The maximum atomic E-state index is 12.4. The first-order valence-corrected chi connectivity index (χ1v) is 9.99. The molecule has 0 aliphatic rings. The molecule has 2 aromatic rings. The van der Waals surface area contributed by atoms with Gasteiger partial charge in [0.2, 0.25) is 15.9 Å². The highest BCUT2D eigenvalue weighted by molar-refractivity contribution is 9.10. The normalized spacial score (nSPS) is 11.8. The lowest BCUT2D eigenvalue weighted by Gasteiger charge is -2.17. The second-order valence-corrected chi connectivity index (χ2v) is 7.97. The summed E-state index contributed by atoms with van der Waals surface area (Å²) in [5.74, 6) is -0.388. The predicted octanol–water partition coefficient (Wildman–Crippen LogP) is 3.71. The molecule has 0 saturated carbocycles. The van der Waals surface area contributed by atoms with Crippen molar-refractivity contribution in [1.29, 1.82) is 0 Å². The molecule has 0 aromatic heterocycles. The van der Waals surface area contributed by atoms with Crippen molar-refractivity contribution >= 4 is 43.6 Å². The molecule has 0 bridgehead atoms. The summed E-state index contributed by atoms with van der Waals surface area (Å²) >= 11 is 3.32. The second kappa shape index (κ2) is 8.94. The van der Waals surface area contributed by atoms with Crippen LogP contribution in [-0.4, -0.2) is 31.7 Å². The lowest BCUT2D eigenvalue weighted by molar-refractivity contribution is -0.116. The Bertz CT molecular complexity index is 834. The van der Waals surface area contributed by atoms with Crippen molar-refractivity contribution in [3.05, 3.63) is 70.0 Å². The summed E-state index contributed by atoms with van der Waals surface area (Å²) in [5.41, 5.74) is 1.39. The van der Waals surface area contributed by atoms with Crippen LogP contribution in [0.2, 0.25) is 0 Å². The van der Waals surface area contributed by atoms with E-state index in [1.165, 1.54) is 6.08 Å². The Morgan fingerprint density at radius 3 is 2.36 bits per heavy atom. The molecule has 25 heavy (non-hydrogen) atoms. The van der Waals surface area contributed by atoms with Gasteiger partial charge in [0.25, 0.3) is 0 Å². The van der Waals surface area contributed by atoms with Crippen LogP contribution in [-0.2, 0) is 14.8 Å². The van der Waals surface area contributed by atoms with Crippen LogP contribution >= 0.6 is 15.9 Å². The molecule has 2 aromatic carbocycles. The summed E-state index contributed by atoms with van der Waals surface area (Å²) in [5, 5.41) is 3.81. The van der Waals surface area contributed by atoms with Gasteiger partial charge in [0.15, 0.2) is 0 Å². The number of likely N-dealkylation sites (N-methyl/N-ethyl adjacent to an activating group) is 1. The number of amides is 1. The van der Waals surface area contributed by atoms with Crippen molar-refractivity contribution in [3.8, 4) is 0 Å². The Balaban J connectivity index is 2.03. The van der Waals surface area contributed by atoms with Crippen molar-refractivity contribution in [1.82, 2.24) is 4.31 Å². The molecule has 0 heterocycles. The highest BCUT2D eigenvalue weighted by Crippen LogP contribution is 2.14. The lowest BCUT2D eigenvalue weighted by Crippen LogP contribution is -2.36. The Morgan fingerprint density at radius 2 is 1.76 bits per heavy atom. The van der Waals surface area contributed by atoms with E-state index in [-0.39, 0.29) is 19.0 Å². The topological polar surface area (TPSA) is 66.5 Å². The van der Waals surface area contributed by atoms with E-state index in [1.54, 1.807) is 31.2 Å². The number of nitrogens with one attached hydrogen (secondary N) is 1. The molecule has 0 fully saturated rings. The van der Waals surface area contributed by atoms with Gasteiger partial charge in [-0.25, -0.2) is 8.42 Å². The summed E-state index contributed by atoms with van der Waals surface area (Å²) in [6, 6.07) is 16.2. The van der Waals surface area contributed by atoms with E-state index in [2.05, 4.69) is 21.2 Å². The number of rotatable bonds is 7. The number of hydrogen-bond donors (Lipinski definition) is 1. The summed E-state index contributed by atoms with van der Waals surface area (Å²) < 4.78 is 26.9. The molecule has 0 spiro atoms. The quantitative estimate of drug-likeness (QED) is 0.739. The Morgan fingerprint density at radius 1 is 1.12 bits per heavy atom. The molecule has 0 unspecified atom stereocenters. The third-order valence-corrected chi connectivity index (χ3v) is 5.51. The average molecular weight is 423 g/mol. The van der Waals surface area contributed by atoms with Gasteiger partial charge in [-0.05, 0) is 35.9 Å². The standard InChI is InChI=1S/C18H19BrN2O3S/c1-2-21(14-18(22)20-17-10-8-16(19)9-11-17)25(23,24)13-12-15-6-4-3-5-7-15/h3-13H,2,14H2,1H3,(H,20,22)/b13-12+. The van der Waals surface area contributed by atoms with Gasteiger partial charge in [-0.3, -0.25) is 4.79 Å². The van der Waals surface area contributed by atoms with Crippen LogP contribution in [0.15, 0.2) is 64.5 Å². The first-order valence-electron chi connectivity index (χ1n) is 7.69.